The summed E-state index contributed by atoms with van der Waals surface area (Å²) in [6.45, 7) is 1.39. The van der Waals surface area contributed by atoms with E-state index in [0.717, 1.165) is 18.0 Å². The molecule has 1 aromatic heterocycles. The van der Waals surface area contributed by atoms with Crippen molar-refractivity contribution in [2.45, 2.75) is 0 Å². The molecule has 4 rings (SSSR count). The molecule has 26 heavy (non-hydrogen) atoms. The van der Waals surface area contributed by atoms with Gasteiger partial charge in [-0.05, 0) is 36.4 Å². The predicted molar refractivity (Wildman–Crippen MR) is 96.7 cm³/mol. The highest BCUT2D eigenvalue weighted by molar-refractivity contribution is 6.05. The quantitative estimate of drug-likeness (QED) is 0.787. The fourth-order valence-electron chi connectivity index (χ4n) is 2.89. The number of anilines is 2. The van der Waals surface area contributed by atoms with Crippen molar-refractivity contribution in [3.63, 3.8) is 0 Å². The van der Waals surface area contributed by atoms with Crippen molar-refractivity contribution in [1.82, 2.24) is 9.55 Å². The monoisotopic (exact) mass is 352 g/mol. The zero-order valence-corrected chi connectivity index (χ0v) is 14.1. The first-order chi connectivity index (χ1) is 12.6. The van der Waals surface area contributed by atoms with Crippen LogP contribution in [-0.4, -0.2) is 35.7 Å². The van der Waals surface area contributed by atoms with Gasteiger partial charge in [0.05, 0.1) is 24.2 Å². The Hall–Kier alpha value is -3.35. The van der Waals surface area contributed by atoms with E-state index >= 15 is 0 Å². The van der Waals surface area contributed by atoms with Gasteiger partial charge in [0.2, 0.25) is 0 Å². The molecule has 0 aliphatic carbocycles. The van der Waals surface area contributed by atoms with Gasteiger partial charge in [0, 0.05) is 30.7 Å². The van der Waals surface area contributed by atoms with Crippen LogP contribution in [-0.2, 0) is 0 Å². The minimum Gasteiger partial charge on any atom is -0.490 e. The lowest BCUT2D eigenvalue weighted by Gasteiger charge is -2.27. The summed E-state index contributed by atoms with van der Waals surface area (Å²) in [6.07, 6.45) is 4.75. The molecule has 0 atom stereocenters. The molecule has 7 heteroatoms. The molecule has 0 spiro atoms. The van der Waals surface area contributed by atoms with Crippen molar-refractivity contribution in [3.8, 4) is 11.4 Å². The third kappa shape index (κ3) is 2.99. The highest BCUT2D eigenvalue weighted by Crippen LogP contribution is 2.31. The number of hydrogen-bond donors (Lipinski definition) is 1. The number of fused-ring (bicyclic) bond motifs is 1. The summed E-state index contributed by atoms with van der Waals surface area (Å²) in [6, 6.07) is 9.80. The second kappa shape index (κ2) is 6.51. The average Bonchev–Trinajstić information content (AvgIpc) is 3.16. The smallest absolute Gasteiger partial charge is 0.255 e. The second-order valence-corrected chi connectivity index (χ2v) is 6.04. The summed E-state index contributed by atoms with van der Waals surface area (Å²) < 4.78 is 21.5. The lowest BCUT2D eigenvalue weighted by atomic mass is 10.1. The molecule has 0 saturated heterocycles. The standard InChI is InChI=1S/C19H17FN4O2/c1-23-8-9-26-18-5-2-13(10-17(18)23)19(25)22-14-3-4-16(15(20)11-14)24-7-6-21-12-24/h2-7,10-12H,8-9H2,1H3,(H,22,25). The van der Waals surface area contributed by atoms with Crippen LogP contribution < -0.4 is 15.0 Å². The van der Waals surface area contributed by atoms with E-state index in [2.05, 4.69) is 10.3 Å². The predicted octanol–water partition coefficient (Wildman–Crippen LogP) is 3.09. The van der Waals surface area contributed by atoms with Crippen molar-refractivity contribution >= 4 is 17.3 Å². The summed E-state index contributed by atoms with van der Waals surface area (Å²) in [5.74, 6) is 0.00644. The van der Waals surface area contributed by atoms with Crippen LogP contribution in [0.3, 0.4) is 0 Å². The number of likely N-dealkylation sites (N-methyl/N-ethyl adjacent to an activating group) is 1. The van der Waals surface area contributed by atoms with Gasteiger partial charge in [-0.25, -0.2) is 9.37 Å². The lowest BCUT2D eigenvalue weighted by molar-refractivity contribution is 0.102. The van der Waals surface area contributed by atoms with E-state index in [1.807, 2.05) is 11.9 Å². The number of amides is 1. The van der Waals surface area contributed by atoms with E-state index in [1.165, 1.54) is 12.4 Å². The molecule has 0 fully saturated rings. The number of rotatable bonds is 3. The zero-order valence-electron chi connectivity index (χ0n) is 14.1. The van der Waals surface area contributed by atoms with Crippen molar-refractivity contribution in [3.05, 3.63) is 66.5 Å². The molecule has 2 aromatic carbocycles. The molecular formula is C19H17FN4O2. The Bertz CT molecular complexity index is 956. The highest BCUT2D eigenvalue weighted by Gasteiger charge is 2.17. The molecular weight excluding hydrogens is 335 g/mol. The summed E-state index contributed by atoms with van der Waals surface area (Å²) in [5.41, 5.74) is 2.11. The molecule has 132 valence electrons. The van der Waals surface area contributed by atoms with Gasteiger partial charge in [0.1, 0.15) is 18.2 Å². The van der Waals surface area contributed by atoms with Crippen LogP contribution in [0.25, 0.3) is 5.69 Å². The van der Waals surface area contributed by atoms with Crippen molar-refractivity contribution < 1.29 is 13.9 Å². The SMILES string of the molecule is CN1CCOc2ccc(C(=O)Nc3ccc(-n4ccnc4)c(F)c3)cc21. The number of halogens is 1. The number of benzene rings is 2. The minimum absolute atomic E-state index is 0.304. The van der Waals surface area contributed by atoms with E-state index in [1.54, 1.807) is 47.3 Å². The van der Waals surface area contributed by atoms with Crippen molar-refractivity contribution in [2.24, 2.45) is 0 Å². The Labute approximate surface area is 149 Å². The number of hydrogen-bond acceptors (Lipinski definition) is 4. The normalized spacial score (nSPS) is 13.1. The molecule has 2 heterocycles. The van der Waals surface area contributed by atoms with Crippen molar-refractivity contribution in [2.75, 3.05) is 30.4 Å². The number of carbonyl (C=O) groups is 1. The van der Waals surface area contributed by atoms with Gasteiger partial charge in [-0.3, -0.25) is 4.79 Å². The molecule has 0 radical (unpaired) electrons. The maximum atomic E-state index is 14.3. The maximum Gasteiger partial charge on any atom is 0.255 e. The minimum atomic E-state index is -0.445. The van der Waals surface area contributed by atoms with Gasteiger partial charge >= 0.3 is 0 Å². The molecule has 1 N–H and O–H groups in total. The van der Waals surface area contributed by atoms with Crippen molar-refractivity contribution in [1.29, 1.82) is 0 Å². The van der Waals surface area contributed by atoms with E-state index < -0.39 is 5.82 Å². The number of nitrogens with one attached hydrogen (secondary N) is 1. The van der Waals surface area contributed by atoms with Gasteiger partial charge < -0.3 is 19.5 Å². The Morgan fingerprint density at radius 1 is 1.23 bits per heavy atom. The van der Waals surface area contributed by atoms with E-state index in [-0.39, 0.29) is 5.91 Å². The van der Waals surface area contributed by atoms with Gasteiger partial charge in [0.15, 0.2) is 0 Å². The van der Waals surface area contributed by atoms with Crippen LogP contribution >= 0.6 is 0 Å². The maximum absolute atomic E-state index is 14.3. The third-order valence-corrected chi connectivity index (χ3v) is 4.30. The van der Waals surface area contributed by atoms with Gasteiger partial charge in [-0.15, -0.1) is 0 Å². The fourth-order valence-corrected chi connectivity index (χ4v) is 2.89. The van der Waals surface area contributed by atoms with E-state index in [4.69, 9.17) is 4.74 Å². The van der Waals surface area contributed by atoms with Crippen LogP contribution in [0.2, 0.25) is 0 Å². The first-order valence-electron chi connectivity index (χ1n) is 8.19. The fraction of sp³-hybridized carbons (Fsp3) is 0.158. The Morgan fingerprint density at radius 3 is 2.88 bits per heavy atom. The topological polar surface area (TPSA) is 59.4 Å². The van der Waals surface area contributed by atoms with Crippen LogP contribution in [0.15, 0.2) is 55.1 Å². The highest BCUT2D eigenvalue weighted by atomic mass is 19.1. The molecule has 0 unspecified atom stereocenters. The van der Waals surface area contributed by atoms with Crippen LogP contribution in [0, 0.1) is 5.82 Å². The first-order valence-corrected chi connectivity index (χ1v) is 8.19. The Kier molecular flexibility index (Phi) is 4.04. The second-order valence-electron chi connectivity index (χ2n) is 6.04. The summed E-state index contributed by atoms with van der Waals surface area (Å²) in [4.78, 5) is 18.5. The average molecular weight is 352 g/mol. The summed E-state index contributed by atoms with van der Waals surface area (Å²) >= 11 is 0. The summed E-state index contributed by atoms with van der Waals surface area (Å²) in [7, 11) is 1.95. The van der Waals surface area contributed by atoms with Gasteiger partial charge in [0.25, 0.3) is 5.91 Å². The molecule has 0 saturated carbocycles. The molecule has 1 amide bonds. The number of ether oxygens (including phenoxy) is 1. The first kappa shape index (κ1) is 16.1. The Balaban J connectivity index is 1.55. The molecule has 0 bridgehead atoms. The number of carbonyl (C=O) groups excluding carboxylic acids is 1. The molecule has 1 aliphatic rings. The number of nitrogens with zero attached hydrogens (tertiary/aromatic N) is 3. The Morgan fingerprint density at radius 2 is 2.12 bits per heavy atom. The molecule has 3 aromatic rings. The largest absolute Gasteiger partial charge is 0.490 e. The number of aromatic nitrogens is 2. The molecule has 1 aliphatic heterocycles. The third-order valence-electron chi connectivity index (χ3n) is 4.30. The van der Waals surface area contributed by atoms with E-state index in [0.29, 0.717) is 23.5 Å². The number of imidazole rings is 1. The van der Waals surface area contributed by atoms with Gasteiger partial charge in [-0.2, -0.15) is 0 Å². The van der Waals surface area contributed by atoms with Crippen LogP contribution in [0.5, 0.6) is 5.75 Å². The van der Waals surface area contributed by atoms with Gasteiger partial charge in [-0.1, -0.05) is 0 Å². The summed E-state index contributed by atoms with van der Waals surface area (Å²) in [5, 5.41) is 2.73. The zero-order chi connectivity index (χ0) is 18.1. The lowest BCUT2D eigenvalue weighted by Crippen LogP contribution is -2.29. The molecule has 6 nitrogen and oxygen atoms in total. The van der Waals surface area contributed by atoms with E-state index in [9.17, 15) is 9.18 Å². The van der Waals surface area contributed by atoms with Crippen LogP contribution in [0.4, 0.5) is 15.8 Å². The van der Waals surface area contributed by atoms with Crippen LogP contribution in [0.1, 0.15) is 10.4 Å².